The highest BCUT2D eigenvalue weighted by atomic mass is 32.2. The molecule has 5 aromatic carbocycles. The van der Waals surface area contributed by atoms with Crippen molar-refractivity contribution in [3.63, 3.8) is 0 Å². The van der Waals surface area contributed by atoms with E-state index in [0.29, 0.717) is 23.5 Å². The van der Waals surface area contributed by atoms with Gasteiger partial charge in [-0.05, 0) is 79.7 Å². The number of hydrogen-bond donors (Lipinski definition) is 0. The van der Waals surface area contributed by atoms with Crippen LogP contribution in [0, 0.1) is 20.8 Å². The van der Waals surface area contributed by atoms with Crippen LogP contribution >= 0.6 is 11.9 Å². The molecule has 0 N–H and O–H groups in total. The number of ether oxygens (including phenoxy) is 2. The normalized spacial score (nSPS) is 10.9. The quantitative estimate of drug-likeness (QED) is 0.0944. The van der Waals surface area contributed by atoms with Gasteiger partial charge in [-0.1, -0.05) is 109 Å². The van der Waals surface area contributed by atoms with Crippen molar-refractivity contribution in [2.45, 2.75) is 45.4 Å². The monoisotopic (exact) mass is 644 g/mol. The number of likely N-dealkylation sites (N-methyl/N-ethyl adjacent to an activating group) is 1. The molecule has 0 aliphatic heterocycles. The fourth-order valence-corrected chi connectivity index (χ4v) is 6.26. The van der Waals surface area contributed by atoms with Gasteiger partial charge in [0, 0.05) is 16.6 Å². The number of amides is 1. The molecular formula is C40H40N2O4S. The average Bonchev–Trinajstić information content (AvgIpc) is 3.08. The summed E-state index contributed by atoms with van der Waals surface area (Å²) in [6, 6.07) is 38.8. The van der Waals surface area contributed by atoms with Gasteiger partial charge in [-0.3, -0.25) is 4.79 Å². The van der Waals surface area contributed by atoms with Crippen LogP contribution in [-0.2, 0) is 29.3 Å². The summed E-state index contributed by atoms with van der Waals surface area (Å²) < 4.78 is 13.9. The number of rotatable bonds is 13. The molecule has 0 aliphatic rings. The van der Waals surface area contributed by atoms with Gasteiger partial charge < -0.3 is 14.4 Å². The van der Waals surface area contributed by atoms with Gasteiger partial charge in [-0.15, -0.1) is 0 Å². The molecule has 0 heterocycles. The Kier molecular flexibility index (Phi) is 11.5. The van der Waals surface area contributed by atoms with Gasteiger partial charge in [0.15, 0.2) is 0 Å². The summed E-state index contributed by atoms with van der Waals surface area (Å²) in [7, 11) is 1.93. The Morgan fingerprint density at radius 1 is 0.681 bits per heavy atom. The van der Waals surface area contributed by atoms with Gasteiger partial charge in [0.05, 0.1) is 13.1 Å². The summed E-state index contributed by atoms with van der Waals surface area (Å²) in [6.45, 7) is 7.22. The van der Waals surface area contributed by atoms with Crippen molar-refractivity contribution >= 4 is 29.5 Å². The Hall–Kier alpha value is -4.85. The maximum atomic E-state index is 14.1. The molecule has 5 aromatic rings. The number of esters is 1. The topological polar surface area (TPSA) is 59.1 Å². The molecule has 0 aliphatic carbocycles. The number of anilines is 1. The molecule has 0 radical (unpaired) electrons. The van der Waals surface area contributed by atoms with Gasteiger partial charge in [-0.2, -0.15) is 0 Å². The van der Waals surface area contributed by atoms with Crippen molar-refractivity contribution in [3.8, 4) is 5.75 Å². The average molecular weight is 645 g/mol. The molecule has 47 heavy (non-hydrogen) atoms. The first-order valence-electron chi connectivity index (χ1n) is 15.6. The van der Waals surface area contributed by atoms with Crippen LogP contribution in [0.25, 0.3) is 0 Å². The predicted octanol–water partition coefficient (Wildman–Crippen LogP) is 8.72. The van der Waals surface area contributed by atoms with Crippen LogP contribution in [-0.4, -0.2) is 29.8 Å². The summed E-state index contributed by atoms with van der Waals surface area (Å²) in [4.78, 5) is 30.3. The second kappa shape index (κ2) is 16.1. The lowest BCUT2D eigenvalue weighted by molar-refractivity contribution is -0.118. The molecule has 0 unspecified atom stereocenters. The molecule has 5 rings (SSSR count). The van der Waals surface area contributed by atoms with E-state index in [2.05, 4.69) is 32.9 Å². The second-order valence-electron chi connectivity index (χ2n) is 11.6. The molecule has 0 saturated heterocycles. The Morgan fingerprint density at radius 2 is 1.23 bits per heavy atom. The van der Waals surface area contributed by atoms with Gasteiger partial charge >= 0.3 is 5.97 Å². The number of hydrogen-bond acceptors (Lipinski definition) is 6. The SMILES string of the molecule is Cc1cc(C)c(SN(C)CC(=O)N(Cc2ccccc2)c2ccc(C(=O)OCc3ccccc3)c(OCc3ccccc3)c2)c(C)c1. The zero-order valence-corrected chi connectivity index (χ0v) is 28.1. The van der Waals surface area contributed by atoms with Crippen LogP contribution in [0.2, 0.25) is 0 Å². The zero-order valence-electron chi connectivity index (χ0n) is 27.3. The number of benzene rings is 5. The molecular weight excluding hydrogens is 605 g/mol. The van der Waals surface area contributed by atoms with E-state index in [-0.39, 0.29) is 25.7 Å². The maximum Gasteiger partial charge on any atom is 0.342 e. The third-order valence-corrected chi connectivity index (χ3v) is 8.91. The highest BCUT2D eigenvalue weighted by Crippen LogP contribution is 2.32. The Labute approximate surface area is 282 Å². The van der Waals surface area contributed by atoms with Crippen LogP contribution < -0.4 is 9.64 Å². The third kappa shape index (κ3) is 9.35. The molecule has 1 amide bonds. The Morgan fingerprint density at radius 3 is 1.83 bits per heavy atom. The van der Waals surface area contributed by atoms with Crippen molar-refractivity contribution in [2.75, 3.05) is 18.5 Å². The van der Waals surface area contributed by atoms with Crippen molar-refractivity contribution in [1.29, 1.82) is 0 Å². The molecule has 0 saturated carbocycles. The van der Waals surface area contributed by atoms with E-state index in [9.17, 15) is 9.59 Å². The zero-order chi connectivity index (χ0) is 33.2. The van der Waals surface area contributed by atoms with Gasteiger partial charge in [0.2, 0.25) is 5.91 Å². The Bertz CT molecular complexity index is 1770. The molecule has 6 nitrogen and oxygen atoms in total. The molecule has 0 aromatic heterocycles. The van der Waals surface area contributed by atoms with Crippen molar-refractivity contribution in [3.05, 3.63) is 160 Å². The first-order valence-corrected chi connectivity index (χ1v) is 16.4. The van der Waals surface area contributed by atoms with E-state index >= 15 is 0 Å². The lowest BCUT2D eigenvalue weighted by atomic mass is 10.1. The minimum atomic E-state index is -0.496. The van der Waals surface area contributed by atoms with Gasteiger partial charge in [-0.25, -0.2) is 9.10 Å². The molecule has 0 spiro atoms. The van der Waals surface area contributed by atoms with E-state index in [1.165, 1.54) is 16.7 Å². The van der Waals surface area contributed by atoms with Crippen LogP contribution in [0.4, 0.5) is 5.69 Å². The van der Waals surface area contributed by atoms with E-state index in [0.717, 1.165) is 21.6 Å². The predicted molar refractivity (Wildman–Crippen MR) is 190 cm³/mol. The summed E-state index contributed by atoms with van der Waals surface area (Å²) in [5, 5.41) is 0. The lowest BCUT2D eigenvalue weighted by Crippen LogP contribution is -2.37. The molecule has 0 atom stereocenters. The van der Waals surface area contributed by atoms with Crippen molar-refractivity contribution in [2.24, 2.45) is 0 Å². The van der Waals surface area contributed by atoms with Crippen molar-refractivity contribution in [1.82, 2.24) is 4.31 Å². The molecule has 240 valence electrons. The summed E-state index contributed by atoms with van der Waals surface area (Å²) in [5.74, 6) is -0.229. The highest BCUT2D eigenvalue weighted by Gasteiger charge is 2.23. The highest BCUT2D eigenvalue weighted by molar-refractivity contribution is 7.97. The minimum Gasteiger partial charge on any atom is -0.488 e. The number of carbonyl (C=O) groups excluding carboxylic acids is 2. The summed E-state index contributed by atoms with van der Waals surface area (Å²) in [6.07, 6.45) is 0. The van der Waals surface area contributed by atoms with Crippen molar-refractivity contribution < 1.29 is 19.1 Å². The summed E-state index contributed by atoms with van der Waals surface area (Å²) >= 11 is 1.57. The van der Waals surface area contributed by atoms with Crippen LogP contribution in [0.3, 0.4) is 0 Å². The fraction of sp³-hybridized carbons (Fsp3) is 0.200. The van der Waals surface area contributed by atoms with Crippen LogP contribution in [0.15, 0.2) is 126 Å². The summed E-state index contributed by atoms with van der Waals surface area (Å²) in [5.41, 5.74) is 7.34. The van der Waals surface area contributed by atoms with E-state index in [1.54, 1.807) is 35.0 Å². The molecule has 0 bridgehead atoms. The Balaban J connectivity index is 1.43. The maximum absolute atomic E-state index is 14.1. The standard InChI is InChI=1S/C40H40N2O4S/c1-29-22-30(2)39(31(3)23-29)47-41(4)26-38(43)42(25-32-14-8-5-9-15-32)35-20-21-36(40(44)46-28-34-18-12-7-13-19-34)37(24-35)45-27-33-16-10-6-11-17-33/h5-24H,25-28H2,1-4H3. The largest absolute Gasteiger partial charge is 0.488 e. The van der Waals surface area contributed by atoms with E-state index in [4.69, 9.17) is 9.47 Å². The smallest absolute Gasteiger partial charge is 0.342 e. The van der Waals surface area contributed by atoms with Crippen LogP contribution in [0.1, 0.15) is 43.7 Å². The minimum absolute atomic E-state index is 0.0836. The first kappa shape index (κ1) is 33.5. The van der Waals surface area contributed by atoms with Gasteiger partial charge in [0.25, 0.3) is 0 Å². The van der Waals surface area contributed by atoms with E-state index in [1.807, 2.05) is 102 Å². The fourth-order valence-electron chi connectivity index (χ4n) is 5.37. The number of nitrogens with zero attached hydrogens (tertiary/aromatic N) is 2. The molecule has 7 heteroatoms. The second-order valence-corrected chi connectivity index (χ2v) is 12.8. The lowest BCUT2D eigenvalue weighted by Gasteiger charge is -2.27. The van der Waals surface area contributed by atoms with E-state index < -0.39 is 5.97 Å². The number of aryl methyl sites for hydroxylation is 3. The van der Waals surface area contributed by atoms with Crippen LogP contribution in [0.5, 0.6) is 5.75 Å². The molecule has 0 fully saturated rings. The third-order valence-electron chi connectivity index (χ3n) is 7.64. The first-order chi connectivity index (χ1) is 22.8. The van der Waals surface area contributed by atoms with Gasteiger partial charge in [0.1, 0.15) is 24.5 Å². The number of carbonyl (C=O) groups is 2.